The predicted molar refractivity (Wildman–Crippen MR) is 164 cm³/mol. The molecule has 0 saturated carbocycles. The van der Waals surface area contributed by atoms with Crippen LogP contribution in [-0.4, -0.2) is 31.4 Å². The molecular formula is C35H34Cl2N2Zr-2. The third-order valence-electron chi connectivity index (χ3n) is 6.39. The van der Waals surface area contributed by atoms with Crippen molar-refractivity contribution in [1.29, 1.82) is 0 Å². The number of fused-ring (bicyclic) bond motifs is 3. The molecule has 0 atom stereocenters. The van der Waals surface area contributed by atoms with E-state index in [4.69, 9.17) is 0 Å². The topological polar surface area (TPSA) is 6.48 Å². The Morgan fingerprint density at radius 2 is 0.950 bits per heavy atom. The summed E-state index contributed by atoms with van der Waals surface area (Å²) in [7, 11) is 8.32. The van der Waals surface area contributed by atoms with Gasteiger partial charge in [-0.05, 0) is 0 Å². The molecule has 0 radical (unpaired) electrons. The molecule has 6 aromatic rings. The molecule has 0 aliphatic carbocycles. The molecule has 5 heteroatoms. The Morgan fingerprint density at radius 1 is 0.550 bits per heavy atom. The Labute approximate surface area is 266 Å². The van der Waals surface area contributed by atoms with Gasteiger partial charge in [-0.15, -0.1) is 39.7 Å². The Bertz CT molecular complexity index is 1450. The molecule has 0 spiro atoms. The Hall–Kier alpha value is -2.97. The van der Waals surface area contributed by atoms with E-state index in [1.54, 1.807) is 0 Å². The molecule has 0 bridgehead atoms. The monoisotopic (exact) mass is 642 g/mol. The summed E-state index contributed by atoms with van der Waals surface area (Å²) >= 11 is 1.46. The fraction of sp³-hybridized carbons (Fsp3) is 0.114. The Kier molecular flexibility index (Phi) is 13.6. The first-order valence-corrected chi connectivity index (χ1v) is 14.0. The van der Waals surface area contributed by atoms with E-state index in [1.807, 2.05) is 30.3 Å². The molecule has 0 aliphatic rings. The number of anilines is 2. The summed E-state index contributed by atoms with van der Waals surface area (Å²) in [5, 5.41) is 5.31. The first-order valence-electron chi connectivity index (χ1n) is 12.8. The summed E-state index contributed by atoms with van der Waals surface area (Å²) in [6, 6.07) is 46.7. The van der Waals surface area contributed by atoms with Crippen LogP contribution in [0.15, 0.2) is 133 Å². The fourth-order valence-electron chi connectivity index (χ4n) is 4.23. The minimum atomic E-state index is 0. The van der Waals surface area contributed by atoms with Gasteiger partial charge >= 0.3 is 99.2 Å². The Morgan fingerprint density at radius 3 is 1.27 bits per heavy atom. The van der Waals surface area contributed by atoms with Crippen molar-refractivity contribution in [2.75, 3.05) is 38.0 Å². The van der Waals surface area contributed by atoms with Gasteiger partial charge in [-0.3, -0.25) is 0 Å². The maximum Gasteiger partial charge on any atom is -0.172 e. The maximum absolute atomic E-state index is 2.27. The second-order valence-corrected chi connectivity index (χ2v) is 10.8. The SMILES string of the molecule is CN(C)c1ccc2[cH-]c3ccc(N(C)C)cc3c2c1.[Cl-].[Cl-].[Zr+2]=[C](c1ccccc1)c1ccccc1.c1cc[cH-]c1. The number of hydrogen-bond acceptors (Lipinski definition) is 2. The molecule has 0 fully saturated rings. The summed E-state index contributed by atoms with van der Waals surface area (Å²) < 4.78 is 1.42. The van der Waals surface area contributed by atoms with Gasteiger partial charge in [0.2, 0.25) is 0 Å². The zero-order valence-corrected chi connectivity index (χ0v) is 27.3. The van der Waals surface area contributed by atoms with Crippen molar-refractivity contribution < 1.29 is 49.0 Å². The molecule has 2 nitrogen and oxygen atoms in total. The summed E-state index contributed by atoms with van der Waals surface area (Å²) in [6.07, 6.45) is 0. The molecule has 204 valence electrons. The number of halogens is 2. The van der Waals surface area contributed by atoms with E-state index in [9.17, 15) is 0 Å². The van der Waals surface area contributed by atoms with Gasteiger partial charge in [0.1, 0.15) is 0 Å². The van der Waals surface area contributed by atoms with Crippen LogP contribution in [0.3, 0.4) is 0 Å². The van der Waals surface area contributed by atoms with E-state index in [0.717, 1.165) is 0 Å². The average Bonchev–Trinajstić information content (AvgIpc) is 3.65. The summed E-state index contributed by atoms with van der Waals surface area (Å²) in [5.41, 5.74) is 5.15. The number of nitrogens with zero attached hydrogens (tertiary/aromatic N) is 2. The van der Waals surface area contributed by atoms with Crippen LogP contribution >= 0.6 is 0 Å². The van der Waals surface area contributed by atoms with Crippen molar-refractivity contribution in [1.82, 2.24) is 0 Å². The van der Waals surface area contributed by atoms with E-state index in [2.05, 4.69) is 141 Å². The first kappa shape index (κ1) is 33.2. The Balaban J connectivity index is 0.000000235. The second-order valence-electron chi connectivity index (χ2n) is 9.55. The molecule has 0 aliphatic heterocycles. The van der Waals surface area contributed by atoms with E-state index >= 15 is 0 Å². The van der Waals surface area contributed by atoms with Crippen molar-refractivity contribution in [3.8, 4) is 0 Å². The molecular weight excluding hydrogens is 611 g/mol. The van der Waals surface area contributed by atoms with Gasteiger partial charge in [-0.25, -0.2) is 12.1 Å². The third kappa shape index (κ3) is 8.77. The molecule has 40 heavy (non-hydrogen) atoms. The van der Waals surface area contributed by atoms with Crippen molar-refractivity contribution in [2.45, 2.75) is 0 Å². The van der Waals surface area contributed by atoms with Crippen LogP contribution in [-0.2, 0) is 24.2 Å². The zero-order chi connectivity index (χ0) is 26.9. The molecule has 0 N–H and O–H groups in total. The van der Waals surface area contributed by atoms with Crippen LogP contribution in [0.5, 0.6) is 0 Å². The van der Waals surface area contributed by atoms with Crippen LogP contribution in [0.1, 0.15) is 11.1 Å². The molecule has 0 heterocycles. The average molecular weight is 645 g/mol. The van der Waals surface area contributed by atoms with Gasteiger partial charge in [0.05, 0.1) is 0 Å². The normalized spacial score (nSPS) is 9.75. The van der Waals surface area contributed by atoms with Crippen molar-refractivity contribution in [2.24, 2.45) is 0 Å². The van der Waals surface area contributed by atoms with Gasteiger partial charge in [-0.1, -0.05) is 24.3 Å². The van der Waals surface area contributed by atoms with Gasteiger partial charge in [-0.2, -0.15) is 18.2 Å². The molecule has 0 saturated heterocycles. The number of hydrogen-bond donors (Lipinski definition) is 0. The smallest absolute Gasteiger partial charge is 0.172 e. The number of benzene rings is 4. The van der Waals surface area contributed by atoms with Crippen LogP contribution in [0.4, 0.5) is 11.4 Å². The minimum Gasteiger partial charge on any atom is -0.214 e. The van der Waals surface area contributed by atoms with Gasteiger partial charge in [0.15, 0.2) is 0 Å². The van der Waals surface area contributed by atoms with Crippen molar-refractivity contribution >= 4 is 36.1 Å². The summed E-state index contributed by atoms with van der Waals surface area (Å²) in [5.74, 6) is 0. The number of rotatable bonds is 4. The molecule has 6 rings (SSSR count). The predicted octanol–water partition coefficient (Wildman–Crippen LogP) is 2.06. The molecule has 0 aromatic heterocycles. The van der Waals surface area contributed by atoms with Crippen LogP contribution in [0.25, 0.3) is 21.5 Å². The van der Waals surface area contributed by atoms with Crippen LogP contribution in [0.2, 0.25) is 0 Å². The fourth-order valence-corrected chi connectivity index (χ4v) is 5.05. The zero-order valence-electron chi connectivity index (χ0n) is 23.4. The molecule has 0 amide bonds. The third-order valence-corrected chi connectivity index (χ3v) is 7.81. The summed E-state index contributed by atoms with van der Waals surface area (Å²) in [6.45, 7) is 0. The quantitative estimate of drug-likeness (QED) is 0.272. The standard InChI is InChI=1S/C17H19N2.C13H10.C5H5.2ClH.Zr/c1-18(2)14-7-5-12-9-13-6-8-15(19(3)4)11-17(13)16(12)10-14;1-3-7-12(8-4-1)11-13-9-5-2-6-10-13;1-2-4-5-3-1;;;/h5-11H,1-4H3;1-10H;1-5H;2*1H;/q-1;;-1;;;+2/p-2. The first-order chi connectivity index (χ1) is 18.4. The van der Waals surface area contributed by atoms with Gasteiger partial charge in [0, 0.05) is 39.6 Å². The molecule has 0 unspecified atom stereocenters. The van der Waals surface area contributed by atoms with E-state index in [0.29, 0.717) is 0 Å². The van der Waals surface area contributed by atoms with Crippen molar-refractivity contribution in [3.63, 3.8) is 0 Å². The largest absolute Gasteiger partial charge is 0.214 e. The van der Waals surface area contributed by atoms with Crippen LogP contribution < -0.4 is 34.6 Å². The summed E-state index contributed by atoms with van der Waals surface area (Å²) in [4.78, 5) is 4.29. The van der Waals surface area contributed by atoms with E-state index < -0.39 is 0 Å². The van der Waals surface area contributed by atoms with E-state index in [-0.39, 0.29) is 24.8 Å². The molecule has 6 aromatic carbocycles. The minimum absolute atomic E-state index is 0. The van der Waals surface area contributed by atoms with Gasteiger partial charge in [0.25, 0.3) is 0 Å². The van der Waals surface area contributed by atoms with E-state index in [1.165, 1.54) is 71.5 Å². The maximum atomic E-state index is 2.27. The van der Waals surface area contributed by atoms with Crippen molar-refractivity contribution in [3.05, 3.63) is 145 Å². The second kappa shape index (κ2) is 16.3. The van der Waals surface area contributed by atoms with Crippen LogP contribution in [0, 0.1) is 0 Å². The van der Waals surface area contributed by atoms with Gasteiger partial charge < -0.3 is 34.6 Å².